The minimum absolute atomic E-state index is 0.0708. The molecule has 0 unspecified atom stereocenters. The maximum Gasteiger partial charge on any atom is 0.128 e. The maximum absolute atomic E-state index is 11.2. The van der Waals surface area contributed by atoms with Crippen molar-refractivity contribution in [1.82, 2.24) is 0 Å². The lowest BCUT2D eigenvalue weighted by Gasteiger charge is -2.27. The highest BCUT2D eigenvalue weighted by Crippen LogP contribution is 2.38. The van der Waals surface area contributed by atoms with Crippen LogP contribution >= 0.6 is 0 Å². The van der Waals surface area contributed by atoms with Gasteiger partial charge in [0.15, 0.2) is 0 Å². The van der Waals surface area contributed by atoms with Crippen LogP contribution in [0.1, 0.15) is 81.5 Å². The predicted molar refractivity (Wildman–Crippen MR) is 134 cm³/mol. The minimum Gasteiger partial charge on any atom is -0.507 e. The van der Waals surface area contributed by atoms with Crippen LogP contribution in [-0.4, -0.2) is 16.4 Å². The summed E-state index contributed by atoms with van der Waals surface area (Å²) in [7, 11) is 0. The van der Waals surface area contributed by atoms with E-state index in [0.29, 0.717) is 5.56 Å². The van der Waals surface area contributed by atoms with Crippen LogP contribution in [0.15, 0.2) is 77.8 Å². The molecule has 0 aromatic heterocycles. The Morgan fingerprint density at radius 3 is 1.78 bits per heavy atom. The minimum atomic E-state index is -0.801. The van der Waals surface area contributed by atoms with Gasteiger partial charge in [-0.05, 0) is 33.6 Å². The first kappa shape index (κ1) is 23.7. The first-order valence-electron chi connectivity index (χ1n) is 11.2. The monoisotopic (exact) mass is 429 g/mol. The Hall–Kier alpha value is -2.91. The zero-order valence-corrected chi connectivity index (χ0v) is 20.0. The standard InChI is InChI=1S/C29H35NO2/c1-28(2,3)23-17-22(26(31)24(18-23)29(4,5)6)19-30-25(20-13-9-7-10-14-20)27(32)21-15-11-8-12-16-21/h7-19,25,27,31-32H,1-6H3/t25-,27+/m0/s1. The van der Waals surface area contributed by atoms with Crippen molar-refractivity contribution >= 4 is 6.21 Å². The highest BCUT2D eigenvalue weighted by Gasteiger charge is 2.25. The number of hydrogen-bond donors (Lipinski definition) is 2. The van der Waals surface area contributed by atoms with E-state index < -0.39 is 12.1 Å². The molecule has 3 heteroatoms. The van der Waals surface area contributed by atoms with Crippen LogP contribution < -0.4 is 0 Å². The van der Waals surface area contributed by atoms with Gasteiger partial charge in [-0.15, -0.1) is 0 Å². The molecule has 0 aliphatic rings. The van der Waals surface area contributed by atoms with E-state index in [-0.39, 0.29) is 16.6 Å². The van der Waals surface area contributed by atoms with E-state index in [0.717, 1.165) is 22.3 Å². The summed E-state index contributed by atoms with van der Waals surface area (Å²) in [5.74, 6) is 0.246. The van der Waals surface area contributed by atoms with Gasteiger partial charge >= 0.3 is 0 Å². The average molecular weight is 430 g/mol. The van der Waals surface area contributed by atoms with Crippen molar-refractivity contribution in [2.24, 2.45) is 4.99 Å². The van der Waals surface area contributed by atoms with E-state index in [2.05, 4.69) is 47.6 Å². The van der Waals surface area contributed by atoms with Crippen molar-refractivity contribution < 1.29 is 10.2 Å². The van der Waals surface area contributed by atoms with Crippen molar-refractivity contribution in [1.29, 1.82) is 0 Å². The summed E-state index contributed by atoms with van der Waals surface area (Å²) in [4.78, 5) is 4.81. The fourth-order valence-corrected chi connectivity index (χ4v) is 3.75. The molecule has 3 aromatic rings. The molecule has 0 saturated heterocycles. The molecular formula is C29H35NO2. The Morgan fingerprint density at radius 2 is 1.28 bits per heavy atom. The molecule has 2 atom stereocenters. The first-order valence-corrected chi connectivity index (χ1v) is 11.2. The van der Waals surface area contributed by atoms with Crippen molar-refractivity contribution in [3.05, 3.63) is 101 Å². The van der Waals surface area contributed by atoms with Crippen molar-refractivity contribution in [3.63, 3.8) is 0 Å². The quantitative estimate of drug-likeness (QED) is 0.434. The van der Waals surface area contributed by atoms with Gasteiger partial charge in [-0.1, -0.05) is 108 Å². The fraction of sp³-hybridized carbons (Fsp3) is 0.345. The van der Waals surface area contributed by atoms with E-state index in [1.54, 1.807) is 6.21 Å². The molecule has 0 amide bonds. The van der Waals surface area contributed by atoms with Crippen LogP contribution in [0.4, 0.5) is 0 Å². The number of aliphatic hydroxyl groups is 1. The molecule has 0 heterocycles. The van der Waals surface area contributed by atoms with Gasteiger partial charge in [0.1, 0.15) is 17.9 Å². The normalized spacial score (nSPS) is 14.5. The molecule has 0 aliphatic carbocycles. The highest BCUT2D eigenvalue weighted by atomic mass is 16.3. The second-order valence-corrected chi connectivity index (χ2v) is 10.5. The average Bonchev–Trinajstić information content (AvgIpc) is 2.74. The Bertz CT molecular complexity index is 1060. The fourth-order valence-electron chi connectivity index (χ4n) is 3.75. The Kier molecular flexibility index (Phi) is 6.90. The van der Waals surface area contributed by atoms with Crippen molar-refractivity contribution in [3.8, 4) is 5.75 Å². The molecule has 3 aromatic carbocycles. The van der Waals surface area contributed by atoms with Crippen LogP contribution in [0, 0.1) is 0 Å². The zero-order chi connectivity index (χ0) is 23.5. The van der Waals surface area contributed by atoms with Crippen LogP contribution in [0.25, 0.3) is 0 Å². The Balaban J connectivity index is 2.10. The van der Waals surface area contributed by atoms with Gasteiger partial charge in [-0.3, -0.25) is 4.99 Å². The van der Waals surface area contributed by atoms with E-state index in [4.69, 9.17) is 4.99 Å². The SMILES string of the molecule is CC(C)(C)c1cc(C=N[C@@H](c2ccccc2)[C@H](O)c2ccccc2)c(O)c(C(C)(C)C)c1. The van der Waals surface area contributed by atoms with Gasteiger partial charge in [0.05, 0.1) is 0 Å². The molecule has 0 saturated carbocycles. The lowest BCUT2D eigenvalue weighted by molar-refractivity contribution is 0.148. The van der Waals surface area contributed by atoms with Crippen LogP contribution in [0.2, 0.25) is 0 Å². The molecule has 0 radical (unpaired) electrons. The van der Waals surface area contributed by atoms with Crippen LogP contribution in [0.5, 0.6) is 5.75 Å². The predicted octanol–water partition coefficient (Wildman–Crippen LogP) is 6.88. The number of hydrogen-bond acceptors (Lipinski definition) is 3. The number of rotatable bonds is 5. The van der Waals surface area contributed by atoms with E-state index in [9.17, 15) is 10.2 Å². The third-order valence-electron chi connectivity index (χ3n) is 5.77. The van der Waals surface area contributed by atoms with Gasteiger partial charge < -0.3 is 10.2 Å². The summed E-state index contributed by atoms with van der Waals surface area (Å²) in [6.07, 6.45) is 0.911. The zero-order valence-electron chi connectivity index (χ0n) is 20.0. The smallest absolute Gasteiger partial charge is 0.128 e. The molecule has 0 fully saturated rings. The number of aromatic hydroxyl groups is 1. The summed E-state index contributed by atoms with van der Waals surface area (Å²) in [5, 5.41) is 22.3. The second-order valence-electron chi connectivity index (χ2n) is 10.5. The van der Waals surface area contributed by atoms with E-state index in [1.807, 2.05) is 66.7 Å². The molecule has 2 N–H and O–H groups in total. The number of aliphatic imine (C=N–C) groups is 1. The maximum atomic E-state index is 11.2. The highest BCUT2D eigenvalue weighted by molar-refractivity contribution is 5.85. The lowest BCUT2D eigenvalue weighted by atomic mass is 9.79. The van der Waals surface area contributed by atoms with E-state index in [1.165, 1.54) is 0 Å². The molecular weight excluding hydrogens is 394 g/mol. The molecule has 32 heavy (non-hydrogen) atoms. The van der Waals surface area contributed by atoms with Gasteiger partial charge in [-0.2, -0.15) is 0 Å². The largest absolute Gasteiger partial charge is 0.507 e. The summed E-state index contributed by atoms with van der Waals surface area (Å²) >= 11 is 0. The number of nitrogens with zero attached hydrogens (tertiary/aromatic N) is 1. The number of phenols is 1. The topological polar surface area (TPSA) is 52.8 Å². The summed E-state index contributed by atoms with van der Waals surface area (Å²) < 4.78 is 0. The Labute approximate surface area is 192 Å². The second kappa shape index (κ2) is 9.30. The van der Waals surface area contributed by atoms with E-state index >= 15 is 0 Å². The molecule has 3 nitrogen and oxygen atoms in total. The summed E-state index contributed by atoms with van der Waals surface area (Å²) in [6.45, 7) is 12.8. The third kappa shape index (κ3) is 5.46. The summed E-state index contributed by atoms with van der Waals surface area (Å²) in [5.41, 5.74) is 4.15. The molecule has 3 rings (SSSR count). The van der Waals surface area contributed by atoms with Gasteiger partial charge in [-0.25, -0.2) is 0 Å². The first-order chi connectivity index (χ1) is 15.0. The van der Waals surface area contributed by atoms with Gasteiger partial charge in [0.2, 0.25) is 0 Å². The summed E-state index contributed by atoms with van der Waals surface area (Å²) in [6, 6.07) is 23.0. The molecule has 0 bridgehead atoms. The van der Waals surface area contributed by atoms with Gasteiger partial charge in [0.25, 0.3) is 0 Å². The van der Waals surface area contributed by atoms with Crippen LogP contribution in [0.3, 0.4) is 0 Å². The molecule has 168 valence electrons. The molecule has 0 spiro atoms. The van der Waals surface area contributed by atoms with Gasteiger partial charge in [0, 0.05) is 17.3 Å². The third-order valence-corrected chi connectivity index (χ3v) is 5.77. The number of phenolic OH excluding ortho intramolecular Hbond substituents is 1. The van der Waals surface area contributed by atoms with Crippen LogP contribution in [-0.2, 0) is 10.8 Å². The lowest BCUT2D eigenvalue weighted by Crippen LogP contribution is -2.17. The Morgan fingerprint density at radius 1 is 0.750 bits per heavy atom. The number of aliphatic hydroxyl groups excluding tert-OH is 1. The number of benzene rings is 3. The van der Waals surface area contributed by atoms with Crippen molar-refractivity contribution in [2.45, 2.75) is 64.5 Å². The molecule has 0 aliphatic heterocycles. The van der Waals surface area contributed by atoms with Crippen molar-refractivity contribution in [2.75, 3.05) is 0 Å².